The molecule has 166 valence electrons. The lowest BCUT2D eigenvalue weighted by Gasteiger charge is -2.20. The molecule has 0 spiro atoms. The Balaban J connectivity index is 1.75. The lowest BCUT2D eigenvalue weighted by Crippen LogP contribution is -2.20. The van der Waals surface area contributed by atoms with Crippen molar-refractivity contribution >= 4 is 22.7 Å². The van der Waals surface area contributed by atoms with Crippen LogP contribution in [0.3, 0.4) is 0 Å². The Morgan fingerprint density at radius 1 is 1.12 bits per heavy atom. The summed E-state index contributed by atoms with van der Waals surface area (Å²) in [6, 6.07) is 11.8. The van der Waals surface area contributed by atoms with Crippen molar-refractivity contribution in [1.29, 1.82) is 0 Å². The highest BCUT2D eigenvalue weighted by atomic mass is 32.2. The van der Waals surface area contributed by atoms with E-state index in [-0.39, 0.29) is 17.5 Å². The maximum Gasteiger partial charge on any atom is 0.336 e. The van der Waals surface area contributed by atoms with E-state index in [1.165, 1.54) is 30.0 Å². The number of rotatable bonds is 6. The quantitative estimate of drug-likeness (QED) is 0.302. The second-order valence-electron chi connectivity index (χ2n) is 8.06. The summed E-state index contributed by atoms with van der Waals surface area (Å²) in [6.07, 6.45) is 0. The predicted molar refractivity (Wildman–Crippen MR) is 125 cm³/mol. The Morgan fingerprint density at radius 2 is 1.84 bits per heavy atom. The van der Waals surface area contributed by atoms with E-state index in [1.54, 1.807) is 12.1 Å². The summed E-state index contributed by atoms with van der Waals surface area (Å²) >= 11 is 1.48. The number of aryl methyl sites for hydroxylation is 2. The summed E-state index contributed by atoms with van der Waals surface area (Å²) in [6.45, 7) is 5.99. The molecule has 6 nitrogen and oxygen atoms in total. The topological polar surface area (TPSA) is 64.2 Å². The van der Waals surface area contributed by atoms with E-state index in [0.29, 0.717) is 16.5 Å². The molecular formula is C24H25FN4O2S. The standard InChI is InChI=1S/C24H25FN4O2S/c1-14-6-11-20-17(12-21(30)31-22(20)15(14)2)13-32-24-27-26-23(16(3)28(4)5)29(24)19-9-7-18(25)8-10-19/h6-12,16H,13H2,1-5H3/t16-/m1/s1. The number of fused-ring (bicyclic) bond motifs is 1. The van der Waals surface area contributed by atoms with Crippen molar-refractivity contribution < 1.29 is 8.81 Å². The fraction of sp³-hybridized carbons (Fsp3) is 0.292. The molecule has 0 unspecified atom stereocenters. The van der Waals surface area contributed by atoms with Crippen molar-refractivity contribution in [3.8, 4) is 5.69 Å². The molecule has 0 aliphatic carbocycles. The van der Waals surface area contributed by atoms with Crippen molar-refractivity contribution in [1.82, 2.24) is 19.7 Å². The van der Waals surface area contributed by atoms with Gasteiger partial charge in [-0.3, -0.25) is 9.47 Å². The fourth-order valence-electron chi connectivity index (χ4n) is 3.50. The molecule has 4 rings (SSSR count). The van der Waals surface area contributed by atoms with Crippen LogP contribution in [0.25, 0.3) is 16.7 Å². The van der Waals surface area contributed by atoms with E-state index < -0.39 is 0 Å². The molecule has 4 aromatic rings. The third-order valence-corrected chi connectivity index (χ3v) is 6.74. The highest BCUT2D eigenvalue weighted by Crippen LogP contribution is 2.31. The van der Waals surface area contributed by atoms with Gasteiger partial charge in [0.25, 0.3) is 0 Å². The van der Waals surface area contributed by atoms with Gasteiger partial charge in [-0.05, 0) is 75.8 Å². The van der Waals surface area contributed by atoms with Crippen molar-refractivity contribution in [2.24, 2.45) is 0 Å². The van der Waals surface area contributed by atoms with Crippen molar-refractivity contribution in [2.45, 2.75) is 37.7 Å². The monoisotopic (exact) mass is 452 g/mol. The molecule has 32 heavy (non-hydrogen) atoms. The van der Waals surface area contributed by atoms with Gasteiger partial charge in [0.15, 0.2) is 11.0 Å². The lowest BCUT2D eigenvalue weighted by atomic mass is 10.0. The molecule has 2 aromatic carbocycles. The van der Waals surface area contributed by atoms with E-state index in [0.717, 1.165) is 33.6 Å². The molecule has 0 radical (unpaired) electrons. The van der Waals surface area contributed by atoms with Gasteiger partial charge in [0, 0.05) is 22.9 Å². The summed E-state index contributed by atoms with van der Waals surface area (Å²) in [5.74, 6) is 0.972. The van der Waals surface area contributed by atoms with Gasteiger partial charge in [0.1, 0.15) is 11.4 Å². The van der Waals surface area contributed by atoms with Crippen LogP contribution < -0.4 is 5.63 Å². The molecule has 0 saturated heterocycles. The van der Waals surface area contributed by atoms with Gasteiger partial charge in [0.2, 0.25) is 0 Å². The van der Waals surface area contributed by atoms with Crippen molar-refractivity contribution in [2.75, 3.05) is 14.1 Å². The van der Waals surface area contributed by atoms with E-state index in [2.05, 4.69) is 10.2 Å². The number of hydrogen-bond donors (Lipinski definition) is 0. The zero-order valence-corrected chi connectivity index (χ0v) is 19.5. The summed E-state index contributed by atoms with van der Waals surface area (Å²) in [7, 11) is 3.95. The first-order chi connectivity index (χ1) is 15.3. The Bertz CT molecular complexity index is 1330. The van der Waals surface area contributed by atoms with Gasteiger partial charge in [-0.15, -0.1) is 10.2 Å². The number of thioether (sulfide) groups is 1. The summed E-state index contributed by atoms with van der Waals surface area (Å²) < 4.78 is 21.0. The summed E-state index contributed by atoms with van der Waals surface area (Å²) in [5, 5.41) is 10.4. The van der Waals surface area contributed by atoms with Gasteiger partial charge in [-0.2, -0.15) is 0 Å². The first-order valence-corrected chi connectivity index (χ1v) is 11.3. The molecule has 0 fully saturated rings. The molecule has 0 aliphatic heterocycles. The van der Waals surface area contributed by atoms with Crippen molar-refractivity contribution in [3.05, 3.63) is 81.2 Å². The molecular weight excluding hydrogens is 427 g/mol. The van der Waals surface area contributed by atoms with Crippen LogP contribution in [0.5, 0.6) is 0 Å². The van der Waals surface area contributed by atoms with Crippen LogP contribution in [0, 0.1) is 19.7 Å². The third-order valence-electron chi connectivity index (χ3n) is 5.77. The van der Waals surface area contributed by atoms with E-state index in [1.807, 2.05) is 56.5 Å². The first kappa shape index (κ1) is 22.2. The predicted octanol–water partition coefficient (Wildman–Crippen LogP) is 5.04. The highest BCUT2D eigenvalue weighted by molar-refractivity contribution is 7.98. The van der Waals surface area contributed by atoms with Crippen LogP contribution in [0.2, 0.25) is 0 Å². The van der Waals surface area contributed by atoms with E-state index >= 15 is 0 Å². The van der Waals surface area contributed by atoms with Crippen molar-refractivity contribution in [3.63, 3.8) is 0 Å². The van der Waals surface area contributed by atoms with Gasteiger partial charge >= 0.3 is 5.63 Å². The second-order valence-corrected chi connectivity index (χ2v) is 9.00. The number of benzene rings is 2. The SMILES string of the molecule is Cc1ccc2c(CSc3nnc([C@@H](C)N(C)C)n3-c3ccc(F)cc3)cc(=O)oc2c1C. The molecule has 0 bridgehead atoms. The second kappa shape index (κ2) is 8.88. The van der Waals surface area contributed by atoms with Crippen LogP contribution in [0.15, 0.2) is 56.8 Å². The largest absolute Gasteiger partial charge is 0.422 e. The zero-order valence-electron chi connectivity index (χ0n) is 18.7. The molecule has 1 atom stereocenters. The molecule has 0 amide bonds. The number of nitrogens with zero attached hydrogens (tertiary/aromatic N) is 4. The van der Waals surface area contributed by atoms with Gasteiger partial charge in [-0.25, -0.2) is 9.18 Å². The molecule has 2 aromatic heterocycles. The molecule has 0 N–H and O–H groups in total. The number of hydrogen-bond acceptors (Lipinski definition) is 6. The molecule has 0 aliphatic rings. The molecule has 0 saturated carbocycles. The minimum Gasteiger partial charge on any atom is -0.422 e. The maximum atomic E-state index is 13.5. The minimum absolute atomic E-state index is 0.00266. The Morgan fingerprint density at radius 3 is 2.53 bits per heavy atom. The fourth-order valence-corrected chi connectivity index (χ4v) is 4.45. The van der Waals surface area contributed by atoms with Crippen LogP contribution in [0.4, 0.5) is 4.39 Å². The Labute approximate surface area is 190 Å². The van der Waals surface area contributed by atoms with Crippen LogP contribution in [-0.4, -0.2) is 33.8 Å². The minimum atomic E-state index is -0.372. The average molecular weight is 453 g/mol. The van der Waals surface area contributed by atoms with Gasteiger partial charge in [0.05, 0.1) is 6.04 Å². The third kappa shape index (κ3) is 4.20. The van der Waals surface area contributed by atoms with Gasteiger partial charge < -0.3 is 4.42 Å². The molecule has 8 heteroatoms. The van der Waals surface area contributed by atoms with Gasteiger partial charge in [-0.1, -0.05) is 23.9 Å². The smallest absolute Gasteiger partial charge is 0.336 e. The Kier molecular flexibility index (Phi) is 6.17. The van der Waals surface area contributed by atoms with Crippen LogP contribution >= 0.6 is 11.8 Å². The lowest BCUT2D eigenvalue weighted by molar-refractivity contribution is 0.305. The van der Waals surface area contributed by atoms with Crippen LogP contribution in [0.1, 0.15) is 35.5 Å². The summed E-state index contributed by atoms with van der Waals surface area (Å²) in [5.41, 5.74) is 3.94. The van der Waals surface area contributed by atoms with Crippen LogP contribution in [-0.2, 0) is 5.75 Å². The first-order valence-electron chi connectivity index (χ1n) is 10.3. The Hall–Kier alpha value is -2.97. The number of aromatic nitrogens is 3. The molecule has 2 heterocycles. The highest BCUT2D eigenvalue weighted by Gasteiger charge is 2.21. The summed E-state index contributed by atoms with van der Waals surface area (Å²) in [4.78, 5) is 14.3. The average Bonchev–Trinajstić information content (AvgIpc) is 3.18. The maximum absolute atomic E-state index is 13.5. The normalized spacial score (nSPS) is 12.6. The van der Waals surface area contributed by atoms with E-state index in [4.69, 9.17) is 4.42 Å². The zero-order chi connectivity index (χ0) is 23.0. The number of halogens is 1. The van der Waals surface area contributed by atoms with E-state index in [9.17, 15) is 9.18 Å².